The van der Waals surface area contributed by atoms with Crippen molar-refractivity contribution < 1.29 is 9.47 Å². The summed E-state index contributed by atoms with van der Waals surface area (Å²) in [5.74, 6) is 3.06. The van der Waals surface area contributed by atoms with Crippen LogP contribution in [-0.2, 0) is 6.54 Å². The van der Waals surface area contributed by atoms with Gasteiger partial charge in [-0.05, 0) is 64.7 Å². The first-order valence-corrected chi connectivity index (χ1v) is 8.07. The van der Waals surface area contributed by atoms with E-state index in [0.717, 1.165) is 40.3 Å². The summed E-state index contributed by atoms with van der Waals surface area (Å²) in [6, 6.07) is 3.96. The molecule has 2 N–H and O–H groups in total. The molecule has 112 valence electrons. The van der Waals surface area contributed by atoms with Crippen LogP contribution in [0.1, 0.15) is 38.7 Å². The van der Waals surface area contributed by atoms with Crippen LogP contribution in [0.2, 0.25) is 0 Å². The first-order valence-electron chi connectivity index (χ1n) is 7.28. The maximum absolute atomic E-state index is 6.21. The molecule has 2 rings (SSSR count). The van der Waals surface area contributed by atoms with Gasteiger partial charge in [0.1, 0.15) is 0 Å². The first kappa shape index (κ1) is 15.6. The monoisotopic (exact) mass is 341 g/mol. The number of rotatable bonds is 4. The molecule has 3 nitrogen and oxygen atoms in total. The molecule has 1 aliphatic rings. The van der Waals surface area contributed by atoms with Crippen LogP contribution < -0.4 is 15.2 Å². The number of nitrogens with two attached hydrogens (primary N) is 1. The third kappa shape index (κ3) is 3.47. The lowest BCUT2D eigenvalue weighted by Crippen LogP contribution is -2.29. The standard InChI is InChI=1S/C16H24BrNO2/c1-10-4-5-13(6-11(10)2)20-16-14(17)7-12(9-18)8-15(16)19-3/h7-8,10-11,13H,4-6,9,18H2,1-3H3. The van der Waals surface area contributed by atoms with Gasteiger partial charge in [-0.3, -0.25) is 0 Å². The third-order valence-corrected chi connectivity index (χ3v) is 4.95. The Morgan fingerprint density at radius 1 is 1.25 bits per heavy atom. The molecule has 3 unspecified atom stereocenters. The van der Waals surface area contributed by atoms with Gasteiger partial charge in [-0.15, -0.1) is 0 Å². The smallest absolute Gasteiger partial charge is 0.175 e. The molecule has 0 aromatic heterocycles. The van der Waals surface area contributed by atoms with Crippen LogP contribution in [0.4, 0.5) is 0 Å². The van der Waals surface area contributed by atoms with E-state index in [1.165, 1.54) is 6.42 Å². The topological polar surface area (TPSA) is 44.5 Å². The number of halogens is 1. The van der Waals surface area contributed by atoms with Crippen molar-refractivity contribution in [2.45, 2.75) is 45.8 Å². The predicted octanol–water partition coefficient (Wildman–Crippen LogP) is 4.12. The second-order valence-corrected chi connectivity index (χ2v) is 6.67. The van der Waals surface area contributed by atoms with Crippen LogP contribution in [0.15, 0.2) is 16.6 Å². The minimum Gasteiger partial charge on any atom is -0.493 e. The van der Waals surface area contributed by atoms with Crippen molar-refractivity contribution in [3.8, 4) is 11.5 Å². The Hall–Kier alpha value is -0.740. The highest BCUT2D eigenvalue weighted by molar-refractivity contribution is 9.10. The molecule has 0 spiro atoms. The molecule has 0 radical (unpaired) electrons. The Morgan fingerprint density at radius 2 is 2.00 bits per heavy atom. The molecule has 0 saturated heterocycles. The van der Waals surface area contributed by atoms with Crippen molar-refractivity contribution in [2.75, 3.05) is 7.11 Å². The quantitative estimate of drug-likeness (QED) is 0.895. The van der Waals surface area contributed by atoms with Crippen molar-refractivity contribution in [3.63, 3.8) is 0 Å². The lowest BCUT2D eigenvalue weighted by Gasteiger charge is -2.32. The van der Waals surface area contributed by atoms with Crippen molar-refractivity contribution >= 4 is 15.9 Å². The molecule has 1 fully saturated rings. The summed E-state index contributed by atoms with van der Waals surface area (Å²) in [6.07, 6.45) is 3.72. The van der Waals surface area contributed by atoms with Gasteiger partial charge in [-0.1, -0.05) is 13.8 Å². The molecule has 3 atom stereocenters. The minimum absolute atomic E-state index is 0.273. The molecule has 1 saturated carbocycles. The summed E-state index contributed by atoms with van der Waals surface area (Å²) in [4.78, 5) is 0. The number of ether oxygens (including phenoxy) is 2. The Balaban J connectivity index is 2.16. The molecular formula is C16H24BrNO2. The molecule has 4 heteroatoms. The summed E-state index contributed by atoms with van der Waals surface area (Å²) >= 11 is 3.57. The van der Waals surface area contributed by atoms with Gasteiger partial charge in [-0.2, -0.15) is 0 Å². The van der Waals surface area contributed by atoms with Gasteiger partial charge in [0.2, 0.25) is 0 Å². The van der Waals surface area contributed by atoms with E-state index < -0.39 is 0 Å². The molecule has 0 heterocycles. The van der Waals surface area contributed by atoms with E-state index in [4.69, 9.17) is 15.2 Å². The van der Waals surface area contributed by atoms with E-state index in [9.17, 15) is 0 Å². The summed E-state index contributed by atoms with van der Waals surface area (Å²) < 4.78 is 12.6. The van der Waals surface area contributed by atoms with E-state index in [-0.39, 0.29) is 6.10 Å². The van der Waals surface area contributed by atoms with E-state index in [0.29, 0.717) is 12.5 Å². The molecule has 0 amide bonds. The predicted molar refractivity (Wildman–Crippen MR) is 85.2 cm³/mol. The average molecular weight is 342 g/mol. The second-order valence-electron chi connectivity index (χ2n) is 5.82. The fraction of sp³-hybridized carbons (Fsp3) is 0.625. The lowest BCUT2D eigenvalue weighted by molar-refractivity contribution is 0.0969. The Labute approximate surface area is 130 Å². The number of methoxy groups -OCH3 is 1. The van der Waals surface area contributed by atoms with Crippen LogP contribution in [0.25, 0.3) is 0 Å². The summed E-state index contributed by atoms with van der Waals surface area (Å²) in [5, 5.41) is 0. The summed E-state index contributed by atoms with van der Waals surface area (Å²) in [5.41, 5.74) is 6.73. The highest BCUT2D eigenvalue weighted by Gasteiger charge is 2.27. The third-order valence-electron chi connectivity index (χ3n) is 4.36. The van der Waals surface area contributed by atoms with Gasteiger partial charge < -0.3 is 15.2 Å². The maximum atomic E-state index is 6.21. The van der Waals surface area contributed by atoms with Crippen LogP contribution in [0, 0.1) is 11.8 Å². The lowest BCUT2D eigenvalue weighted by atomic mass is 9.80. The van der Waals surface area contributed by atoms with Crippen molar-refractivity contribution in [1.82, 2.24) is 0 Å². The molecular weight excluding hydrogens is 318 g/mol. The fourth-order valence-corrected chi connectivity index (χ4v) is 3.36. The molecule has 1 aliphatic carbocycles. The van der Waals surface area contributed by atoms with Crippen molar-refractivity contribution in [1.29, 1.82) is 0 Å². The normalized spacial score (nSPS) is 26.4. The Morgan fingerprint density at radius 3 is 2.60 bits per heavy atom. The maximum Gasteiger partial charge on any atom is 0.175 e. The number of benzene rings is 1. The molecule has 20 heavy (non-hydrogen) atoms. The van der Waals surface area contributed by atoms with Crippen LogP contribution >= 0.6 is 15.9 Å². The van der Waals surface area contributed by atoms with Crippen molar-refractivity contribution in [2.24, 2.45) is 17.6 Å². The van der Waals surface area contributed by atoms with Crippen molar-refractivity contribution in [3.05, 3.63) is 22.2 Å². The molecule has 1 aromatic carbocycles. The van der Waals surface area contributed by atoms with Crippen LogP contribution in [0.5, 0.6) is 11.5 Å². The SMILES string of the molecule is COc1cc(CN)cc(Br)c1OC1CCC(C)C(C)C1. The fourth-order valence-electron chi connectivity index (χ4n) is 2.78. The van der Waals surface area contributed by atoms with Gasteiger partial charge in [-0.25, -0.2) is 0 Å². The Bertz CT molecular complexity index is 464. The molecule has 0 bridgehead atoms. The van der Waals surface area contributed by atoms with E-state index in [1.807, 2.05) is 12.1 Å². The van der Waals surface area contributed by atoms with Gasteiger partial charge in [0, 0.05) is 6.54 Å². The highest BCUT2D eigenvalue weighted by Crippen LogP contribution is 2.40. The Kier molecular flexibility index (Phi) is 5.33. The van der Waals surface area contributed by atoms with Gasteiger partial charge >= 0.3 is 0 Å². The molecule has 1 aromatic rings. The zero-order chi connectivity index (χ0) is 14.7. The van der Waals surface area contributed by atoms with E-state index >= 15 is 0 Å². The average Bonchev–Trinajstić information content (AvgIpc) is 2.44. The molecule has 0 aliphatic heterocycles. The van der Waals surface area contributed by atoms with Crippen LogP contribution in [-0.4, -0.2) is 13.2 Å². The first-order chi connectivity index (χ1) is 9.55. The van der Waals surface area contributed by atoms with Crippen LogP contribution in [0.3, 0.4) is 0 Å². The summed E-state index contributed by atoms with van der Waals surface area (Å²) in [6.45, 7) is 5.13. The minimum atomic E-state index is 0.273. The number of hydrogen-bond acceptors (Lipinski definition) is 3. The van der Waals surface area contributed by atoms with E-state index in [2.05, 4.69) is 29.8 Å². The van der Waals surface area contributed by atoms with Gasteiger partial charge in [0.25, 0.3) is 0 Å². The second kappa shape index (κ2) is 6.81. The van der Waals surface area contributed by atoms with Gasteiger partial charge in [0.05, 0.1) is 17.7 Å². The van der Waals surface area contributed by atoms with E-state index in [1.54, 1.807) is 7.11 Å². The summed E-state index contributed by atoms with van der Waals surface area (Å²) in [7, 11) is 1.67. The largest absolute Gasteiger partial charge is 0.493 e. The van der Waals surface area contributed by atoms with Gasteiger partial charge in [0.15, 0.2) is 11.5 Å². The highest BCUT2D eigenvalue weighted by atomic mass is 79.9. The zero-order valence-electron chi connectivity index (χ0n) is 12.5. The zero-order valence-corrected chi connectivity index (χ0v) is 14.1. The number of hydrogen-bond donors (Lipinski definition) is 1.